The van der Waals surface area contributed by atoms with Crippen LogP contribution < -0.4 is 31.9 Å². The third-order valence-corrected chi connectivity index (χ3v) is 9.08. The van der Waals surface area contributed by atoms with Crippen LogP contribution in [0, 0.1) is 0 Å². The van der Waals surface area contributed by atoms with Gasteiger partial charge in [0.1, 0.15) is 0 Å². The maximum Gasteiger partial charge on any atom is 0.255 e. The first kappa shape index (κ1) is 38.9. The maximum atomic E-state index is 13.7. The molecule has 0 saturated heterocycles. The largest absolute Gasteiger partial charge is 0.381 e. The first-order valence-electron chi connectivity index (χ1n) is 18.7. The number of benzene rings is 7. The van der Waals surface area contributed by atoms with E-state index in [-0.39, 0.29) is 28.5 Å². The van der Waals surface area contributed by atoms with Gasteiger partial charge < -0.3 is 31.9 Å². The summed E-state index contributed by atoms with van der Waals surface area (Å²) in [7, 11) is 0. The van der Waals surface area contributed by atoms with Crippen LogP contribution in [0.25, 0.3) is 0 Å². The Morgan fingerprint density at radius 2 is 0.542 bits per heavy atom. The molecule has 290 valence electrons. The smallest absolute Gasteiger partial charge is 0.255 e. The highest BCUT2D eigenvalue weighted by molar-refractivity contribution is 6.13. The van der Waals surface area contributed by atoms with Gasteiger partial charge in [-0.15, -0.1) is 0 Å². The Hall–Kier alpha value is -8.31. The summed E-state index contributed by atoms with van der Waals surface area (Å²) in [4.78, 5) is 66.2. The highest BCUT2D eigenvalue weighted by Crippen LogP contribution is 2.22. The summed E-state index contributed by atoms with van der Waals surface area (Å²) in [5.74, 6) is -2.21. The van der Waals surface area contributed by atoms with Crippen LogP contribution in [-0.2, 0) is 6.54 Å². The molecule has 0 aliphatic rings. The third-order valence-electron chi connectivity index (χ3n) is 9.08. The van der Waals surface area contributed by atoms with E-state index in [1.54, 1.807) is 109 Å². The molecule has 11 heteroatoms. The molecule has 59 heavy (non-hydrogen) atoms. The van der Waals surface area contributed by atoms with E-state index in [4.69, 9.17) is 0 Å². The first-order chi connectivity index (χ1) is 28.8. The fraction of sp³-hybridized carbons (Fsp3) is 0.0208. The van der Waals surface area contributed by atoms with Crippen molar-refractivity contribution in [2.45, 2.75) is 6.54 Å². The molecule has 7 aromatic carbocycles. The van der Waals surface area contributed by atoms with Crippen LogP contribution in [0.3, 0.4) is 0 Å². The monoisotopic (exact) mass is 778 g/mol. The van der Waals surface area contributed by atoms with Gasteiger partial charge in [0, 0.05) is 68.5 Å². The lowest BCUT2D eigenvalue weighted by molar-refractivity contribution is 0.101. The molecule has 7 rings (SSSR count). The second-order valence-corrected chi connectivity index (χ2v) is 13.4. The lowest BCUT2D eigenvalue weighted by Gasteiger charge is -2.13. The summed E-state index contributed by atoms with van der Waals surface area (Å²) in [6.07, 6.45) is 0. The van der Waals surface area contributed by atoms with Gasteiger partial charge >= 0.3 is 0 Å². The van der Waals surface area contributed by atoms with Crippen molar-refractivity contribution in [2.24, 2.45) is 0 Å². The summed E-state index contributed by atoms with van der Waals surface area (Å²) in [5.41, 5.74) is 5.62. The summed E-state index contributed by atoms with van der Waals surface area (Å²) < 4.78 is 0. The highest BCUT2D eigenvalue weighted by atomic mass is 16.2. The van der Waals surface area contributed by atoms with Crippen molar-refractivity contribution in [2.75, 3.05) is 31.9 Å². The van der Waals surface area contributed by atoms with Crippen molar-refractivity contribution in [1.82, 2.24) is 0 Å². The van der Waals surface area contributed by atoms with Crippen molar-refractivity contribution in [1.29, 1.82) is 0 Å². The number of carbonyl (C=O) groups excluding carboxylic acids is 5. The van der Waals surface area contributed by atoms with Gasteiger partial charge in [-0.25, -0.2) is 0 Å². The Labute approximate surface area is 340 Å². The van der Waals surface area contributed by atoms with Crippen molar-refractivity contribution < 1.29 is 24.0 Å². The molecule has 5 amide bonds. The summed E-state index contributed by atoms with van der Waals surface area (Å²) in [5, 5.41) is 17.5. The van der Waals surface area contributed by atoms with E-state index < -0.39 is 17.7 Å². The zero-order valence-electron chi connectivity index (χ0n) is 31.6. The Morgan fingerprint density at radius 1 is 0.288 bits per heavy atom. The van der Waals surface area contributed by atoms with Gasteiger partial charge in [-0.05, 0) is 121 Å². The van der Waals surface area contributed by atoms with Gasteiger partial charge in [0.25, 0.3) is 29.5 Å². The summed E-state index contributed by atoms with van der Waals surface area (Å²) in [6, 6.07) is 52.1. The van der Waals surface area contributed by atoms with Crippen molar-refractivity contribution in [3.63, 3.8) is 0 Å². The number of hydrogen-bond donors (Lipinski definition) is 6. The zero-order chi connectivity index (χ0) is 41.0. The minimum absolute atomic E-state index is 0.0590. The number of amides is 5. The molecule has 0 saturated carbocycles. The minimum Gasteiger partial charge on any atom is -0.381 e. The normalized spacial score (nSPS) is 10.4. The molecule has 6 N–H and O–H groups in total. The van der Waals surface area contributed by atoms with Crippen molar-refractivity contribution >= 4 is 63.7 Å². The van der Waals surface area contributed by atoms with E-state index >= 15 is 0 Å². The molecule has 0 bridgehead atoms. The second kappa shape index (κ2) is 18.5. The molecule has 0 spiro atoms. The quantitative estimate of drug-likeness (QED) is 0.0685. The van der Waals surface area contributed by atoms with Gasteiger partial charge in [-0.3, -0.25) is 24.0 Å². The lowest BCUT2D eigenvalue weighted by Crippen LogP contribution is -2.19. The van der Waals surface area contributed by atoms with E-state index in [9.17, 15) is 24.0 Å². The minimum atomic E-state index is -0.567. The Balaban J connectivity index is 1.06. The SMILES string of the molecule is O=C(Nc1ccc(NC(=O)c2cc(C(=O)Nc3ccc(NCc4ccccc4)cc3)cc(C(=O)Nc3ccc(NC(=O)c4ccccc4)cc3)c2)cc1)c1ccccc1. The van der Waals surface area contributed by atoms with E-state index in [2.05, 4.69) is 31.9 Å². The average molecular weight is 779 g/mol. The predicted octanol–water partition coefficient (Wildman–Crippen LogP) is 9.56. The molecule has 0 atom stereocenters. The van der Waals surface area contributed by atoms with Crippen LogP contribution in [0.2, 0.25) is 0 Å². The van der Waals surface area contributed by atoms with Gasteiger partial charge in [-0.2, -0.15) is 0 Å². The molecule has 7 aromatic rings. The van der Waals surface area contributed by atoms with E-state index in [0.29, 0.717) is 46.1 Å². The molecule has 0 aromatic heterocycles. The molecule has 0 unspecified atom stereocenters. The van der Waals surface area contributed by atoms with Gasteiger partial charge in [0.2, 0.25) is 0 Å². The molecule has 0 heterocycles. The van der Waals surface area contributed by atoms with E-state index in [0.717, 1.165) is 11.3 Å². The molecule has 0 radical (unpaired) electrons. The van der Waals surface area contributed by atoms with Gasteiger partial charge in [0.15, 0.2) is 0 Å². The van der Waals surface area contributed by atoms with Gasteiger partial charge in [-0.1, -0.05) is 66.7 Å². The fourth-order valence-electron chi connectivity index (χ4n) is 5.96. The number of carbonyl (C=O) groups is 5. The van der Waals surface area contributed by atoms with E-state index in [1.807, 2.05) is 54.6 Å². The molecule has 0 aliphatic heterocycles. The number of hydrogen-bond acceptors (Lipinski definition) is 6. The van der Waals surface area contributed by atoms with Crippen LogP contribution >= 0.6 is 0 Å². The Kier molecular flexibility index (Phi) is 12.2. The number of anilines is 6. The zero-order valence-corrected chi connectivity index (χ0v) is 31.6. The molecule has 11 nitrogen and oxygen atoms in total. The molecule has 0 aliphatic carbocycles. The molecule has 0 fully saturated rings. The van der Waals surface area contributed by atoms with E-state index in [1.165, 1.54) is 18.2 Å². The standard InChI is InChI=1S/C48H38N6O5/c55-44(33-12-6-2-7-13-33)50-40-20-24-42(25-21-40)53-47(58)36-28-35(46(57)52-39-18-16-38(17-19-39)49-31-32-10-4-1-5-11-32)29-37(30-36)48(59)54-43-26-22-41(23-27-43)51-45(56)34-14-8-3-9-15-34/h1-30,49H,31H2,(H,50,55)(H,51,56)(H,52,57)(H,53,58)(H,54,59). The molecular formula is C48H38N6O5. The van der Waals surface area contributed by atoms with Crippen LogP contribution in [0.4, 0.5) is 34.1 Å². The third kappa shape index (κ3) is 10.7. The van der Waals surface area contributed by atoms with Crippen LogP contribution in [0.15, 0.2) is 182 Å². The van der Waals surface area contributed by atoms with Crippen molar-refractivity contribution in [3.8, 4) is 0 Å². The Morgan fingerprint density at radius 3 is 0.847 bits per heavy atom. The lowest BCUT2D eigenvalue weighted by atomic mass is 10.0. The highest BCUT2D eigenvalue weighted by Gasteiger charge is 2.18. The Bertz CT molecular complexity index is 2450. The average Bonchev–Trinajstić information content (AvgIpc) is 3.28. The maximum absolute atomic E-state index is 13.7. The van der Waals surface area contributed by atoms with Crippen LogP contribution in [0.5, 0.6) is 0 Å². The summed E-state index contributed by atoms with van der Waals surface area (Å²) >= 11 is 0. The first-order valence-corrected chi connectivity index (χ1v) is 18.7. The van der Waals surface area contributed by atoms with Crippen LogP contribution in [0.1, 0.15) is 57.4 Å². The van der Waals surface area contributed by atoms with Gasteiger partial charge in [0.05, 0.1) is 0 Å². The predicted molar refractivity (Wildman–Crippen MR) is 232 cm³/mol. The van der Waals surface area contributed by atoms with Crippen molar-refractivity contribution in [3.05, 3.63) is 215 Å². The fourth-order valence-corrected chi connectivity index (χ4v) is 5.96. The second-order valence-electron chi connectivity index (χ2n) is 13.4. The topological polar surface area (TPSA) is 158 Å². The van der Waals surface area contributed by atoms with Crippen LogP contribution in [-0.4, -0.2) is 29.5 Å². The number of nitrogens with one attached hydrogen (secondary N) is 6. The summed E-state index contributed by atoms with van der Waals surface area (Å²) in [6.45, 7) is 0.635. The molecular weight excluding hydrogens is 741 g/mol. The number of rotatable bonds is 13.